The normalized spacial score (nSPS) is 11.2. The van der Waals surface area contributed by atoms with Crippen molar-refractivity contribution in [2.45, 2.75) is 4.90 Å². The molecule has 1 amide bonds. The van der Waals surface area contributed by atoms with Crippen molar-refractivity contribution in [3.63, 3.8) is 0 Å². The zero-order valence-corrected chi connectivity index (χ0v) is 15.7. The molecule has 144 valence electrons. The average molecular weight is 423 g/mol. The Balaban J connectivity index is 1.93. The number of carbonyl (C=O) groups excluding carboxylic acids is 1. The van der Waals surface area contributed by atoms with Gasteiger partial charge in [0, 0.05) is 5.56 Å². The minimum atomic E-state index is -4.12. The first-order valence-electron chi connectivity index (χ1n) is 7.91. The predicted octanol–water partition coefficient (Wildman–Crippen LogP) is 3.91. The molecule has 3 rings (SSSR count). The molecule has 0 saturated carbocycles. The first kappa shape index (κ1) is 19.9. The molecule has 0 aliphatic carbocycles. The van der Waals surface area contributed by atoms with E-state index < -0.39 is 38.2 Å². The quantitative estimate of drug-likeness (QED) is 0.483. The van der Waals surface area contributed by atoms with Crippen molar-refractivity contribution in [2.24, 2.45) is 0 Å². The summed E-state index contributed by atoms with van der Waals surface area (Å²) in [6.45, 7) is 0. The number of rotatable bonds is 5. The molecule has 5 nitrogen and oxygen atoms in total. The van der Waals surface area contributed by atoms with Crippen LogP contribution in [0.3, 0.4) is 0 Å². The van der Waals surface area contributed by atoms with Gasteiger partial charge in [-0.2, -0.15) is 0 Å². The average Bonchev–Trinajstić information content (AvgIpc) is 2.71. The zero-order chi connectivity index (χ0) is 20.3. The molecule has 0 heterocycles. The molecule has 0 atom stereocenters. The van der Waals surface area contributed by atoms with Crippen LogP contribution in [0.1, 0.15) is 10.4 Å². The van der Waals surface area contributed by atoms with E-state index in [0.717, 1.165) is 6.07 Å². The number of amides is 1. The van der Waals surface area contributed by atoms with Crippen LogP contribution >= 0.6 is 11.6 Å². The summed E-state index contributed by atoms with van der Waals surface area (Å²) in [5, 5.41) is -0.476. The Morgan fingerprint density at radius 2 is 1.46 bits per heavy atom. The van der Waals surface area contributed by atoms with Gasteiger partial charge in [0.15, 0.2) is 5.82 Å². The van der Waals surface area contributed by atoms with Gasteiger partial charge >= 0.3 is 0 Å². The van der Waals surface area contributed by atoms with Crippen molar-refractivity contribution in [1.82, 2.24) is 10.3 Å². The van der Waals surface area contributed by atoms with Crippen LogP contribution < -0.4 is 10.3 Å². The maximum absolute atomic E-state index is 14.9. The van der Waals surface area contributed by atoms with E-state index in [1.807, 2.05) is 5.43 Å². The van der Waals surface area contributed by atoms with Crippen LogP contribution in [0.25, 0.3) is 11.1 Å². The van der Waals surface area contributed by atoms with Crippen molar-refractivity contribution in [2.75, 3.05) is 0 Å². The van der Waals surface area contributed by atoms with Crippen LogP contribution in [0.15, 0.2) is 71.6 Å². The fraction of sp³-hybridized carbons (Fsp3) is 0. The molecule has 0 spiro atoms. The molecule has 0 aromatic heterocycles. The first-order chi connectivity index (χ1) is 13.3. The Morgan fingerprint density at radius 3 is 2.07 bits per heavy atom. The van der Waals surface area contributed by atoms with Crippen molar-refractivity contribution in [3.05, 3.63) is 89.0 Å². The number of carbonyl (C=O) groups is 1. The fourth-order valence-corrected chi connectivity index (χ4v) is 3.53. The maximum atomic E-state index is 14.9. The lowest BCUT2D eigenvalue weighted by molar-refractivity contribution is 0.0936. The lowest BCUT2D eigenvalue weighted by Gasteiger charge is -2.13. The maximum Gasteiger partial charge on any atom is 0.272 e. The van der Waals surface area contributed by atoms with E-state index in [1.165, 1.54) is 24.3 Å². The highest BCUT2D eigenvalue weighted by Gasteiger charge is 2.25. The molecule has 0 radical (unpaired) electrons. The summed E-state index contributed by atoms with van der Waals surface area (Å²) < 4.78 is 53.5. The standard InChI is InChI=1S/C19H13ClF2N2O3S/c20-15-11-14(12-7-3-1-4-8-12)17(21)16(18(15)22)19(25)23-24-28(26,27)13-9-5-2-6-10-13/h1-11,24H,(H,23,25). The molecule has 0 unspecified atom stereocenters. The topological polar surface area (TPSA) is 75.3 Å². The number of hydrogen-bond donors (Lipinski definition) is 2. The molecule has 0 fully saturated rings. The highest BCUT2D eigenvalue weighted by molar-refractivity contribution is 7.89. The number of hydrazine groups is 1. The van der Waals surface area contributed by atoms with Crippen molar-refractivity contribution < 1.29 is 22.0 Å². The smallest absolute Gasteiger partial charge is 0.272 e. The minimum absolute atomic E-state index is 0.0944. The third-order valence-corrected chi connectivity index (χ3v) is 5.36. The highest BCUT2D eigenvalue weighted by atomic mass is 35.5. The second kappa shape index (κ2) is 8.05. The summed E-state index contributed by atoms with van der Waals surface area (Å²) in [6, 6.07) is 16.3. The largest absolute Gasteiger partial charge is 0.273 e. The Morgan fingerprint density at radius 1 is 0.893 bits per heavy atom. The first-order valence-corrected chi connectivity index (χ1v) is 9.77. The molecule has 28 heavy (non-hydrogen) atoms. The molecule has 0 saturated heterocycles. The summed E-state index contributed by atoms with van der Waals surface area (Å²) in [4.78, 5) is 14.0. The molecule has 0 aliphatic rings. The van der Waals surface area contributed by atoms with E-state index >= 15 is 0 Å². The van der Waals surface area contributed by atoms with Crippen LogP contribution in [-0.4, -0.2) is 14.3 Å². The number of hydrogen-bond acceptors (Lipinski definition) is 3. The van der Waals surface area contributed by atoms with E-state index in [9.17, 15) is 22.0 Å². The van der Waals surface area contributed by atoms with E-state index in [4.69, 9.17) is 11.6 Å². The summed E-state index contributed by atoms with van der Waals surface area (Å²) in [5.41, 5.74) is 1.09. The van der Waals surface area contributed by atoms with Gasteiger partial charge in [0.05, 0.1) is 9.92 Å². The third kappa shape index (κ3) is 4.04. The van der Waals surface area contributed by atoms with Gasteiger partial charge in [0.2, 0.25) is 0 Å². The van der Waals surface area contributed by atoms with Crippen LogP contribution in [0.5, 0.6) is 0 Å². The molecular formula is C19H13ClF2N2O3S. The molecule has 9 heteroatoms. The summed E-state index contributed by atoms with van der Waals surface area (Å²) in [7, 11) is -4.12. The van der Waals surface area contributed by atoms with Crippen molar-refractivity contribution in [3.8, 4) is 11.1 Å². The molecule has 3 aromatic carbocycles. The molecule has 0 bridgehead atoms. The van der Waals surface area contributed by atoms with Crippen molar-refractivity contribution >= 4 is 27.5 Å². The van der Waals surface area contributed by atoms with Crippen molar-refractivity contribution in [1.29, 1.82) is 0 Å². The van der Waals surface area contributed by atoms with Gasteiger partial charge in [-0.05, 0) is 23.8 Å². The van der Waals surface area contributed by atoms with E-state index in [0.29, 0.717) is 5.56 Å². The van der Waals surface area contributed by atoms with Crippen LogP contribution in [0, 0.1) is 11.6 Å². The van der Waals surface area contributed by atoms with E-state index in [2.05, 4.69) is 0 Å². The lowest BCUT2D eigenvalue weighted by atomic mass is 10.0. The molecular weight excluding hydrogens is 410 g/mol. The Bertz CT molecular complexity index is 1120. The van der Waals surface area contributed by atoms with Gasteiger partial charge in [0.1, 0.15) is 11.4 Å². The number of benzene rings is 3. The second-order valence-electron chi connectivity index (χ2n) is 5.65. The molecule has 3 aromatic rings. The van der Waals surface area contributed by atoms with Gasteiger partial charge in [-0.25, -0.2) is 17.2 Å². The van der Waals surface area contributed by atoms with Crippen LogP contribution in [0.2, 0.25) is 5.02 Å². The van der Waals surface area contributed by atoms with Gasteiger partial charge < -0.3 is 0 Å². The summed E-state index contributed by atoms with van der Waals surface area (Å²) >= 11 is 5.81. The highest BCUT2D eigenvalue weighted by Crippen LogP contribution is 2.31. The number of nitrogens with one attached hydrogen (secondary N) is 2. The van der Waals surface area contributed by atoms with Gasteiger partial charge in [-0.1, -0.05) is 60.1 Å². The van der Waals surface area contributed by atoms with E-state index in [-0.39, 0.29) is 10.5 Å². The Labute approximate surface area is 165 Å². The molecule has 0 aliphatic heterocycles. The lowest BCUT2D eigenvalue weighted by Crippen LogP contribution is -2.42. The summed E-state index contributed by atoms with van der Waals surface area (Å²) in [6.07, 6.45) is 0. The van der Waals surface area contributed by atoms with E-state index in [1.54, 1.807) is 41.2 Å². The predicted molar refractivity (Wildman–Crippen MR) is 101 cm³/mol. The molecule has 2 N–H and O–H groups in total. The van der Waals surface area contributed by atoms with Crippen LogP contribution in [0.4, 0.5) is 8.78 Å². The number of sulfonamides is 1. The summed E-state index contributed by atoms with van der Waals surface area (Å²) in [5.74, 6) is -3.78. The second-order valence-corrected chi connectivity index (χ2v) is 7.74. The van der Waals surface area contributed by atoms with Crippen LogP contribution in [-0.2, 0) is 10.0 Å². The van der Waals surface area contributed by atoms with Gasteiger partial charge in [-0.15, -0.1) is 4.83 Å². The monoisotopic (exact) mass is 422 g/mol. The zero-order valence-electron chi connectivity index (χ0n) is 14.1. The van der Waals surface area contributed by atoms with Gasteiger partial charge in [0.25, 0.3) is 15.9 Å². The van der Waals surface area contributed by atoms with Gasteiger partial charge in [-0.3, -0.25) is 10.2 Å². The number of halogens is 3. The third-order valence-electron chi connectivity index (χ3n) is 3.82. The minimum Gasteiger partial charge on any atom is -0.273 e. The SMILES string of the molecule is O=C(NNS(=O)(=O)c1ccccc1)c1c(F)c(Cl)cc(-c2ccccc2)c1F. The fourth-order valence-electron chi connectivity index (χ4n) is 2.47. The Kier molecular flexibility index (Phi) is 5.73. The Hall–Kier alpha value is -2.81.